The summed E-state index contributed by atoms with van der Waals surface area (Å²) in [6, 6.07) is 2.00. The number of halogens is 1. The molecule has 1 N–H and O–H groups in total. The maximum Gasteiger partial charge on any atom is 0.0893 e. The van der Waals surface area contributed by atoms with Gasteiger partial charge in [0.15, 0.2) is 0 Å². The lowest BCUT2D eigenvalue weighted by Crippen LogP contribution is -2.29. The molecule has 1 aromatic rings. The van der Waals surface area contributed by atoms with Crippen molar-refractivity contribution in [1.29, 1.82) is 0 Å². The SMILES string of the molecule is Cn1ccc(C2=CC(Cl)CNC2)n1. The molecule has 70 valence electrons. The Morgan fingerprint density at radius 3 is 3.15 bits per heavy atom. The van der Waals surface area contributed by atoms with Crippen LogP contribution >= 0.6 is 11.6 Å². The van der Waals surface area contributed by atoms with Gasteiger partial charge in [-0.1, -0.05) is 6.08 Å². The Kier molecular flexibility index (Phi) is 2.38. The van der Waals surface area contributed by atoms with Crippen molar-refractivity contribution in [3.8, 4) is 0 Å². The van der Waals surface area contributed by atoms with Crippen LogP contribution in [0.4, 0.5) is 0 Å². The molecule has 2 heterocycles. The molecule has 1 aromatic heterocycles. The monoisotopic (exact) mass is 197 g/mol. The molecule has 0 amide bonds. The van der Waals surface area contributed by atoms with Crippen molar-refractivity contribution < 1.29 is 0 Å². The zero-order valence-corrected chi connectivity index (χ0v) is 8.25. The minimum absolute atomic E-state index is 0.0887. The van der Waals surface area contributed by atoms with E-state index in [-0.39, 0.29) is 5.38 Å². The fourth-order valence-electron chi connectivity index (χ4n) is 1.44. The van der Waals surface area contributed by atoms with Gasteiger partial charge in [0, 0.05) is 26.3 Å². The van der Waals surface area contributed by atoms with E-state index >= 15 is 0 Å². The molecule has 2 rings (SSSR count). The largest absolute Gasteiger partial charge is 0.311 e. The smallest absolute Gasteiger partial charge is 0.0893 e. The predicted molar refractivity (Wildman–Crippen MR) is 53.7 cm³/mol. The van der Waals surface area contributed by atoms with E-state index in [0.29, 0.717) is 0 Å². The van der Waals surface area contributed by atoms with Gasteiger partial charge < -0.3 is 5.32 Å². The van der Waals surface area contributed by atoms with E-state index in [1.54, 1.807) is 4.68 Å². The van der Waals surface area contributed by atoms with Gasteiger partial charge in [-0.15, -0.1) is 11.6 Å². The Labute approximate surface area is 82.4 Å². The molecule has 4 heteroatoms. The molecule has 0 bridgehead atoms. The van der Waals surface area contributed by atoms with Crippen molar-refractivity contribution in [3.05, 3.63) is 24.0 Å². The second-order valence-corrected chi connectivity index (χ2v) is 3.77. The van der Waals surface area contributed by atoms with Crippen LogP contribution in [0.5, 0.6) is 0 Å². The van der Waals surface area contributed by atoms with Crippen molar-refractivity contribution in [2.45, 2.75) is 5.38 Å². The van der Waals surface area contributed by atoms with Gasteiger partial charge in [0.05, 0.1) is 11.1 Å². The normalized spacial score (nSPS) is 22.9. The summed E-state index contributed by atoms with van der Waals surface area (Å²) in [5.74, 6) is 0. The average Bonchev–Trinajstić information content (AvgIpc) is 2.52. The molecule has 0 saturated carbocycles. The second-order valence-electron chi connectivity index (χ2n) is 3.21. The number of aromatic nitrogens is 2. The topological polar surface area (TPSA) is 29.9 Å². The maximum atomic E-state index is 5.99. The molecule has 0 aromatic carbocycles. The third kappa shape index (κ3) is 1.92. The summed E-state index contributed by atoms with van der Waals surface area (Å²) in [6.07, 6.45) is 4.01. The van der Waals surface area contributed by atoms with Gasteiger partial charge in [-0.3, -0.25) is 4.68 Å². The Hall–Kier alpha value is -0.800. The van der Waals surface area contributed by atoms with Gasteiger partial charge in [0.2, 0.25) is 0 Å². The first kappa shape index (κ1) is 8.78. The molecule has 3 nitrogen and oxygen atoms in total. The number of nitrogens with one attached hydrogen (secondary N) is 1. The standard InChI is InChI=1S/C9H12ClN3/c1-13-3-2-9(12-13)7-4-8(10)6-11-5-7/h2-4,8,11H,5-6H2,1H3. The first-order valence-electron chi connectivity index (χ1n) is 4.31. The molecule has 0 spiro atoms. The zero-order valence-electron chi connectivity index (χ0n) is 7.50. The number of hydrogen-bond donors (Lipinski definition) is 1. The lowest BCUT2D eigenvalue weighted by atomic mass is 10.1. The highest BCUT2D eigenvalue weighted by atomic mass is 35.5. The number of nitrogens with zero attached hydrogens (tertiary/aromatic N) is 2. The lowest BCUT2D eigenvalue weighted by molar-refractivity contribution is 0.730. The van der Waals surface area contributed by atoms with Crippen LogP contribution in [-0.2, 0) is 7.05 Å². The lowest BCUT2D eigenvalue weighted by Gasteiger charge is -2.16. The van der Waals surface area contributed by atoms with Crippen molar-refractivity contribution in [3.63, 3.8) is 0 Å². The van der Waals surface area contributed by atoms with Gasteiger partial charge in [0.1, 0.15) is 0 Å². The van der Waals surface area contributed by atoms with E-state index in [0.717, 1.165) is 18.8 Å². The second kappa shape index (κ2) is 3.52. The predicted octanol–water partition coefficient (Wildman–Crippen LogP) is 1.01. The van der Waals surface area contributed by atoms with Crippen molar-refractivity contribution >= 4 is 17.2 Å². The van der Waals surface area contributed by atoms with Gasteiger partial charge in [-0.25, -0.2) is 0 Å². The first-order valence-corrected chi connectivity index (χ1v) is 4.75. The highest BCUT2D eigenvalue weighted by Crippen LogP contribution is 2.16. The van der Waals surface area contributed by atoms with Crippen LogP contribution in [0.1, 0.15) is 5.69 Å². The molecule has 1 aliphatic heterocycles. The van der Waals surface area contributed by atoms with Crippen LogP contribution in [0, 0.1) is 0 Å². The van der Waals surface area contributed by atoms with Crippen LogP contribution in [0.3, 0.4) is 0 Å². The van der Waals surface area contributed by atoms with Gasteiger partial charge >= 0.3 is 0 Å². The number of alkyl halides is 1. The Bertz CT molecular complexity index is 329. The summed E-state index contributed by atoms with van der Waals surface area (Å²) in [5.41, 5.74) is 2.20. The third-order valence-corrected chi connectivity index (χ3v) is 2.36. The molecule has 0 radical (unpaired) electrons. The Morgan fingerprint density at radius 1 is 1.69 bits per heavy atom. The van der Waals surface area contributed by atoms with Crippen LogP contribution in [-0.4, -0.2) is 28.2 Å². The van der Waals surface area contributed by atoms with E-state index in [1.165, 1.54) is 5.57 Å². The van der Waals surface area contributed by atoms with E-state index in [9.17, 15) is 0 Å². The van der Waals surface area contributed by atoms with Gasteiger partial charge in [-0.05, 0) is 11.6 Å². The quantitative estimate of drug-likeness (QED) is 0.682. The summed E-state index contributed by atoms with van der Waals surface area (Å²) in [4.78, 5) is 0. The molecule has 13 heavy (non-hydrogen) atoms. The number of hydrogen-bond acceptors (Lipinski definition) is 2. The summed E-state index contributed by atoms with van der Waals surface area (Å²) in [6.45, 7) is 1.71. The Balaban J connectivity index is 2.25. The zero-order chi connectivity index (χ0) is 9.26. The Morgan fingerprint density at radius 2 is 2.54 bits per heavy atom. The molecular formula is C9H12ClN3. The fourth-order valence-corrected chi connectivity index (χ4v) is 1.70. The van der Waals surface area contributed by atoms with Crippen LogP contribution in [0.2, 0.25) is 0 Å². The van der Waals surface area contributed by atoms with Gasteiger partial charge in [-0.2, -0.15) is 5.10 Å². The van der Waals surface area contributed by atoms with Gasteiger partial charge in [0.25, 0.3) is 0 Å². The summed E-state index contributed by atoms with van der Waals surface area (Å²) in [5, 5.41) is 7.65. The van der Waals surface area contributed by atoms with Crippen molar-refractivity contribution in [1.82, 2.24) is 15.1 Å². The molecule has 0 fully saturated rings. The van der Waals surface area contributed by atoms with E-state index in [4.69, 9.17) is 11.6 Å². The van der Waals surface area contributed by atoms with E-state index in [1.807, 2.05) is 19.3 Å². The average molecular weight is 198 g/mol. The minimum atomic E-state index is 0.0887. The van der Waals surface area contributed by atoms with E-state index in [2.05, 4.69) is 16.5 Å². The molecule has 1 atom stereocenters. The van der Waals surface area contributed by atoms with Crippen LogP contribution in [0.25, 0.3) is 5.57 Å². The van der Waals surface area contributed by atoms with Crippen LogP contribution < -0.4 is 5.32 Å². The molecule has 0 aliphatic carbocycles. The third-order valence-electron chi connectivity index (χ3n) is 2.08. The minimum Gasteiger partial charge on any atom is -0.311 e. The van der Waals surface area contributed by atoms with Crippen molar-refractivity contribution in [2.24, 2.45) is 7.05 Å². The fraction of sp³-hybridized carbons (Fsp3) is 0.444. The highest BCUT2D eigenvalue weighted by Gasteiger charge is 2.12. The molecular weight excluding hydrogens is 186 g/mol. The number of aryl methyl sites for hydroxylation is 1. The van der Waals surface area contributed by atoms with Crippen molar-refractivity contribution in [2.75, 3.05) is 13.1 Å². The highest BCUT2D eigenvalue weighted by molar-refractivity contribution is 6.22. The first-order chi connectivity index (χ1) is 6.25. The van der Waals surface area contributed by atoms with E-state index < -0.39 is 0 Å². The molecule has 1 aliphatic rings. The number of rotatable bonds is 1. The maximum absolute atomic E-state index is 5.99. The summed E-state index contributed by atoms with van der Waals surface area (Å²) < 4.78 is 1.80. The molecule has 0 saturated heterocycles. The summed E-state index contributed by atoms with van der Waals surface area (Å²) >= 11 is 5.99. The summed E-state index contributed by atoms with van der Waals surface area (Å²) in [7, 11) is 1.92. The van der Waals surface area contributed by atoms with Crippen LogP contribution in [0.15, 0.2) is 18.3 Å². The molecule has 1 unspecified atom stereocenters.